The molecule has 2 aromatic rings. The predicted molar refractivity (Wildman–Crippen MR) is 137 cm³/mol. The van der Waals surface area contributed by atoms with Crippen LogP contribution in [-0.4, -0.2) is 51.5 Å². The minimum absolute atomic E-state index is 0.365. The molecule has 0 atom stereocenters. The van der Waals surface area contributed by atoms with Gasteiger partial charge in [0.05, 0.1) is 41.7 Å². The van der Waals surface area contributed by atoms with Gasteiger partial charge in [0.2, 0.25) is 0 Å². The van der Waals surface area contributed by atoms with Crippen molar-refractivity contribution in [2.75, 3.05) is 34.0 Å². The zero-order valence-corrected chi connectivity index (χ0v) is 21.3. The molecule has 34 heavy (non-hydrogen) atoms. The third-order valence-corrected chi connectivity index (χ3v) is 6.66. The molecule has 2 aromatic heterocycles. The van der Waals surface area contributed by atoms with Gasteiger partial charge < -0.3 is 20.1 Å². The molecule has 0 saturated heterocycles. The van der Waals surface area contributed by atoms with Crippen LogP contribution in [0.25, 0.3) is 0 Å². The van der Waals surface area contributed by atoms with Crippen molar-refractivity contribution in [3.63, 3.8) is 0 Å². The Balaban J connectivity index is 0.000000196. The third-order valence-electron chi connectivity index (χ3n) is 4.60. The first kappa shape index (κ1) is 25.4. The summed E-state index contributed by atoms with van der Waals surface area (Å²) in [5.74, 6) is 12.8. The second-order valence-electron chi connectivity index (χ2n) is 8.00. The highest BCUT2D eigenvalue weighted by Crippen LogP contribution is 2.32. The highest BCUT2D eigenvalue weighted by atomic mass is 32.1. The van der Waals surface area contributed by atoms with E-state index in [-0.39, 0.29) is 5.97 Å². The van der Waals surface area contributed by atoms with Crippen LogP contribution in [0.2, 0.25) is 0 Å². The number of nitrogen functional groups attached to an aromatic ring is 1. The van der Waals surface area contributed by atoms with Gasteiger partial charge in [0.1, 0.15) is 9.75 Å². The summed E-state index contributed by atoms with van der Waals surface area (Å²) >= 11 is 2.62. The molecule has 4 rings (SSSR count). The minimum atomic E-state index is -0.392. The largest absolute Gasteiger partial charge is 0.465 e. The van der Waals surface area contributed by atoms with Crippen LogP contribution in [0.15, 0.2) is 17.1 Å². The number of carbonyl (C=O) groups is 2. The van der Waals surface area contributed by atoms with Crippen LogP contribution in [0.1, 0.15) is 54.8 Å². The average Bonchev–Trinajstić information content (AvgIpc) is 3.75. The monoisotopic (exact) mass is 497 g/mol. The molecule has 2 saturated carbocycles. The maximum atomic E-state index is 11.7. The summed E-state index contributed by atoms with van der Waals surface area (Å²) in [7, 11) is 6.47. The normalized spacial score (nSPS) is 14.1. The number of thiophene rings is 2. The van der Waals surface area contributed by atoms with Crippen molar-refractivity contribution in [3.05, 3.63) is 31.6 Å². The summed E-state index contributed by atoms with van der Waals surface area (Å²) in [4.78, 5) is 31.7. The molecule has 0 unspecified atom stereocenters. The standard InChI is InChI=1S/C14H16N2O2S.C11H11NO2S/c1-16(2)9-15-12-8-11(7-6-10-4-5-10)19-13(12)14(17)18-3;1-14-11(13)10-9(12)6-8(15-10)5-4-7-2-3-7/h8-10H,4-5H2,1-3H3;6-7H,2-3,12H2,1H3. The van der Waals surface area contributed by atoms with Crippen LogP contribution in [0.3, 0.4) is 0 Å². The second kappa shape index (κ2) is 11.7. The summed E-state index contributed by atoms with van der Waals surface area (Å²) < 4.78 is 9.38. The molecule has 178 valence electrons. The van der Waals surface area contributed by atoms with E-state index in [0.29, 0.717) is 33.0 Å². The molecule has 0 amide bonds. The average molecular weight is 498 g/mol. The Kier molecular flexibility index (Phi) is 8.75. The number of aliphatic imine (C=N–C) groups is 1. The zero-order valence-electron chi connectivity index (χ0n) is 19.6. The van der Waals surface area contributed by atoms with Gasteiger partial charge in [-0.15, -0.1) is 22.7 Å². The number of ether oxygens (including phenoxy) is 2. The Bertz CT molecular complexity index is 1200. The Labute approximate surface area is 208 Å². The van der Waals surface area contributed by atoms with Gasteiger partial charge in [0, 0.05) is 25.9 Å². The minimum Gasteiger partial charge on any atom is -0.465 e. The lowest BCUT2D eigenvalue weighted by Crippen LogP contribution is -2.07. The van der Waals surface area contributed by atoms with Crippen LogP contribution in [0, 0.1) is 35.5 Å². The van der Waals surface area contributed by atoms with E-state index in [1.54, 1.807) is 12.4 Å². The fourth-order valence-electron chi connectivity index (χ4n) is 2.48. The molecule has 2 aliphatic rings. The molecule has 0 aliphatic heterocycles. The molecule has 2 aliphatic carbocycles. The van der Waals surface area contributed by atoms with Crippen molar-refractivity contribution < 1.29 is 19.1 Å². The number of esters is 2. The first-order chi connectivity index (χ1) is 16.3. The Morgan fingerprint density at radius 3 is 1.97 bits per heavy atom. The number of hydrogen-bond donors (Lipinski definition) is 1. The van der Waals surface area contributed by atoms with E-state index in [9.17, 15) is 9.59 Å². The Hall–Kier alpha value is -3.27. The number of rotatable bonds is 4. The molecule has 2 N–H and O–H groups in total. The lowest BCUT2D eigenvalue weighted by Gasteiger charge is -2.02. The number of hydrogen-bond acceptors (Lipinski definition) is 8. The topological polar surface area (TPSA) is 94.2 Å². The summed E-state index contributed by atoms with van der Waals surface area (Å²) in [6, 6.07) is 3.57. The highest BCUT2D eigenvalue weighted by molar-refractivity contribution is 7.15. The van der Waals surface area contributed by atoms with Crippen LogP contribution >= 0.6 is 22.7 Å². The molecule has 9 heteroatoms. The summed E-state index contributed by atoms with van der Waals surface area (Å²) in [5, 5.41) is 0. The smallest absolute Gasteiger partial charge is 0.350 e. The number of methoxy groups -OCH3 is 2. The van der Waals surface area contributed by atoms with E-state index in [0.717, 1.165) is 9.75 Å². The molecule has 0 spiro atoms. The van der Waals surface area contributed by atoms with E-state index in [1.807, 2.05) is 25.1 Å². The van der Waals surface area contributed by atoms with Crippen LogP contribution < -0.4 is 5.73 Å². The molecule has 0 radical (unpaired) electrons. The number of nitrogens with zero attached hydrogens (tertiary/aromatic N) is 2. The van der Waals surface area contributed by atoms with Crippen LogP contribution in [0.5, 0.6) is 0 Å². The molecule has 2 fully saturated rings. The quantitative estimate of drug-likeness (QED) is 0.291. The SMILES string of the molecule is COC(=O)c1sc(C#CC2CC2)cc1N.COC(=O)c1sc(C#CC2CC2)cc1N=CN(C)C. The molecule has 2 heterocycles. The van der Waals surface area contributed by atoms with Gasteiger partial charge in [-0.05, 0) is 37.8 Å². The lowest BCUT2D eigenvalue weighted by atomic mass is 10.3. The van der Waals surface area contributed by atoms with Crippen molar-refractivity contribution in [1.29, 1.82) is 0 Å². The van der Waals surface area contributed by atoms with Crippen molar-refractivity contribution in [3.8, 4) is 23.7 Å². The van der Waals surface area contributed by atoms with Crippen molar-refractivity contribution >= 4 is 52.3 Å². The van der Waals surface area contributed by atoms with Gasteiger partial charge >= 0.3 is 11.9 Å². The van der Waals surface area contributed by atoms with Gasteiger partial charge in [-0.3, -0.25) is 0 Å². The van der Waals surface area contributed by atoms with E-state index in [1.165, 1.54) is 62.6 Å². The second-order valence-corrected chi connectivity index (χ2v) is 10.1. The van der Waals surface area contributed by atoms with Crippen molar-refractivity contribution in [2.24, 2.45) is 16.8 Å². The molecule has 0 bridgehead atoms. The van der Waals surface area contributed by atoms with E-state index < -0.39 is 5.97 Å². The van der Waals surface area contributed by atoms with Gasteiger partial charge in [0.15, 0.2) is 0 Å². The predicted octanol–water partition coefficient (Wildman–Crippen LogP) is 4.40. The van der Waals surface area contributed by atoms with Crippen molar-refractivity contribution in [2.45, 2.75) is 25.7 Å². The number of nitrogens with two attached hydrogens (primary N) is 1. The van der Waals surface area contributed by atoms with Crippen LogP contribution in [0.4, 0.5) is 11.4 Å². The molecular weight excluding hydrogens is 470 g/mol. The van der Waals surface area contributed by atoms with E-state index in [2.05, 4.69) is 33.4 Å². The molecule has 7 nitrogen and oxygen atoms in total. The summed E-state index contributed by atoms with van der Waals surface area (Å²) in [6.07, 6.45) is 6.42. The fraction of sp³-hybridized carbons (Fsp3) is 0.400. The summed E-state index contributed by atoms with van der Waals surface area (Å²) in [5.41, 5.74) is 6.75. The first-order valence-electron chi connectivity index (χ1n) is 10.7. The third kappa shape index (κ3) is 7.65. The fourth-order valence-corrected chi connectivity index (χ4v) is 4.22. The number of anilines is 1. The zero-order chi connectivity index (χ0) is 24.7. The Morgan fingerprint density at radius 1 is 0.971 bits per heavy atom. The molecular formula is C25H27N3O4S2. The Morgan fingerprint density at radius 2 is 1.47 bits per heavy atom. The van der Waals surface area contributed by atoms with Gasteiger partial charge in [0.25, 0.3) is 0 Å². The van der Waals surface area contributed by atoms with Gasteiger partial charge in [-0.25, -0.2) is 14.6 Å². The molecule has 0 aromatic carbocycles. The maximum Gasteiger partial charge on any atom is 0.350 e. The number of carbonyl (C=O) groups excluding carboxylic acids is 2. The highest BCUT2D eigenvalue weighted by Gasteiger charge is 2.20. The summed E-state index contributed by atoms with van der Waals surface area (Å²) in [6.45, 7) is 0. The lowest BCUT2D eigenvalue weighted by molar-refractivity contribution is 0.0598. The maximum absolute atomic E-state index is 11.7. The first-order valence-corrected chi connectivity index (χ1v) is 12.4. The van der Waals surface area contributed by atoms with Crippen molar-refractivity contribution in [1.82, 2.24) is 4.90 Å². The van der Waals surface area contributed by atoms with E-state index >= 15 is 0 Å². The van der Waals surface area contributed by atoms with Gasteiger partial charge in [-0.2, -0.15) is 0 Å². The van der Waals surface area contributed by atoms with E-state index in [4.69, 9.17) is 10.5 Å². The van der Waals surface area contributed by atoms with Gasteiger partial charge in [-0.1, -0.05) is 23.7 Å². The van der Waals surface area contributed by atoms with Crippen LogP contribution in [-0.2, 0) is 9.47 Å².